The Morgan fingerprint density at radius 2 is 1.96 bits per heavy atom. The van der Waals surface area contributed by atoms with Gasteiger partial charge in [0.15, 0.2) is 5.78 Å². The number of rotatable bonds is 10. The second-order valence-corrected chi connectivity index (χ2v) is 8.48. The van der Waals surface area contributed by atoms with Crippen LogP contribution in [-0.4, -0.2) is 39.9 Å². The Balaban J connectivity index is 2.83. The topological polar surface area (TPSA) is 66.8 Å². The number of carbonyl (C=O) groups is 1. The Labute approximate surface area is 158 Å². The highest BCUT2D eigenvalue weighted by Gasteiger charge is 2.49. The molecular weight excluding hydrogens is 328 g/mol. The third-order valence-corrected chi connectivity index (χ3v) is 5.56. The zero-order chi connectivity index (χ0) is 20.1. The Morgan fingerprint density at radius 1 is 1.35 bits per heavy atom. The molecule has 0 aromatic carbocycles. The number of hydrogen-bond acceptors (Lipinski definition) is 4. The minimum absolute atomic E-state index is 0.106. The van der Waals surface area contributed by atoms with E-state index < -0.39 is 23.6 Å². The monoisotopic (exact) mass is 364 g/mol. The van der Waals surface area contributed by atoms with Gasteiger partial charge >= 0.3 is 0 Å². The minimum atomic E-state index is -1.35. The lowest BCUT2D eigenvalue weighted by Crippen LogP contribution is -2.50. The van der Waals surface area contributed by atoms with Crippen LogP contribution in [0.1, 0.15) is 53.9 Å². The van der Waals surface area contributed by atoms with E-state index in [1.165, 1.54) is 0 Å². The van der Waals surface area contributed by atoms with Gasteiger partial charge in [-0.3, -0.25) is 4.79 Å². The number of aliphatic hydroxyl groups excluding tert-OH is 2. The van der Waals surface area contributed by atoms with Gasteiger partial charge in [0.25, 0.3) is 0 Å². The average molecular weight is 365 g/mol. The van der Waals surface area contributed by atoms with Crippen LogP contribution in [0.2, 0.25) is 0 Å². The van der Waals surface area contributed by atoms with E-state index in [1.807, 2.05) is 6.08 Å². The van der Waals surface area contributed by atoms with E-state index in [9.17, 15) is 15.0 Å². The summed E-state index contributed by atoms with van der Waals surface area (Å²) >= 11 is 0. The maximum Gasteiger partial charge on any atom is 0.192 e. The lowest BCUT2D eigenvalue weighted by Gasteiger charge is -2.35. The second-order valence-electron chi connectivity index (χ2n) is 8.48. The lowest BCUT2D eigenvalue weighted by atomic mass is 9.83. The third-order valence-electron chi connectivity index (χ3n) is 5.56. The van der Waals surface area contributed by atoms with Crippen molar-refractivity contribution < 1.29 is 19.7 Å². The van der Waals surface area contributed by atoms with Crippen LogP contribution in [0.5, 0.6) is 0 Å². The smallest absolute Gasteiger partial charge is 0.192 e. The van der Waals surface area contributed by atoms with Gasteiger partial charge in [-0.2, -0.15) is 0 Å². The number of ketones is 1. The van der Waals surface area contributed by atoms with Crippen molar-refractivity contribution in [3.05, 3.63) is 37.5 Å². The van der Waals surface area contributed by atoms with Crippen LogP contribution >= 0.6 is 0 Å². The van der Waals surface area contributed by atoms with Crippen molar-refractivity contribution in [2.75, 3.05) is 0 Å². The van der Waals surface area contributed by atoms with Gasteiger partial charge in [-0.15, -0.1) is 13.2 Å². The van der Waals surface area contributed by atoms with Crippen LogP contribution in [0.15, 0.2) is 37.5 Å². The van der Waals surface area contributed by atoms with Gasteiger partial charge in [0.2, 0.25) is 0 Å². The highest BCUT2D eigenvalue weighted by molar-refractivity contribution is 5.88. The third kappa shape index (κ3) is 5.38. The summed E-state index contributed by atoms with van der Waals surface area (Å²) < 4.78 is 6.17. The number of aliphatic hydroxyl groups is 2. The van der Waals surface area contributed by atoms with Gasteiger partial charge in [0.05, 0.1) is 11.7 Å². The van der Waals surface area contributed by atoms with Crippen molar-refractivity contribution in [2.24, 2.45) is 17.3 Å². The summed E-state index contributed by atoms with van der Waals surface area (Å²) in [6, 6.07) is 0. The lowest BCUT2D eigenvalue weighted by molar-refractivity contribution is -0.162. The molecule has 1 saturated heterocycles. The SMILES string of the molecule is C=CC[C@@H](C)[C@@H](O)C(=O)[C@@H](O)[C@@]1(C)CC[C@@H](C(C)(C)/C=C/[C@H](C)C=C)O1. The summed E-state index contributed by atoms with van der Waals surface area (Å²) in [5.74, 6) is -0.581. The first-order valence-electron chi connectivity index (χ1n) is 9.49. The summed E-state index contributed by atoms with van der Waals surface area (Å²) in [5.41, 5.74) is -1.21. The van der Waals surface area contributed by atoms with E-state index in [2.05, 4.69) is 46.1 Å². The van der Waals surface area contributed by atoms with E-state index in [1.54, 1.807) is 19.9 Å². The molecule has 0 radical (unpaired) electrons. The summed E-state index contributed by atoms with van der Waals surface area (Å²) in [7, 11) is 0. The van der Waals surface area contributed by atoms with E-state index in [4.69, 9.17) is 4.74 Å². The van der Waals surface area contributed by atoms with Crippen molar-refractivity contribution in [1.82, 2.24) is 0 Å². The summed E-state index contributed by atoms with van der Waals surface area (Å²) in [5, 5.41) is 20.8. The van der Waals surface area contributed by atoms with Gasteiger partial charge in [-0.1, -0.05) is 52.0 Å². The normalized spacial score (nSPS) is 28.5. The number of hydrogen-bond donors (Lipinski definition) is 2. The van der Waals surface area contributed by atoms with Gasteiger partial charge in [0, 0.05) is 5.41 Å². The molecule has 0 aromatic rings. The number of ether oxygens (including phenoxy) is 1. The second kappa shape index (κ2) is 9.12. The molecule has 4 nitrogen and oxygen atoms in total. The quantitative estimate of drug-likeness (QED) is 0.578. The zero-order valence-corrected chi connectivity index (χ0v) is 16.9. The van der Waals surface area contributed by atoms with Gasteiger partial charge in [-0.05, 0) is 38.0 Å². The van der Waals surface area contributed by atoms with E-state index in [0.29, 0.717) is 12.8 Å². The molecule has 148 valence electrons. The van der Waals surface area contributed by atoms with Crippen molar-refractivity contribution >= 4 is 5.78 Å². The van der Waals surface area contributed by atoms with Gasteiger partial charge < -0.3 is 14.9 Å². The maximum atomic E-state index is 12.5. The average Bonchev–Trinajstić information content (AvgIpc) is 3.02. The maximum absolute atomic E-state index is 12.5. The fourth-order valence-electron chi connectivity index (χ4n) is 3.31. The predicted octanol–water partition coefficient (Wildman–Crippen LogP) is 3.83. The molecule has 0 saturated carbocycles. The first kappa shape index (κ1) is 22.8. The minimum Gasteiger partial charge on any atom is -0.385 e. The largest absolute Gasteiger partial charge is 0.385 e. The Kier molecular flexibility index (Phi) is 8.00. The molecule has 4 heteroatoms. The molecule has 1 aliphatic heterocycles. The Bertz CT molecular complexity index is 536. The summed E-state index contributed by atoms with van der Waals surface area (Å²) in [6.07, 6.45) is 6.91. The van der Waals surface area contributed by atoms with Crippen LogP contribution in [0.3, 0.4) is 0 Å². The number of carbonyl (C=O) groups excluding carboxylic acids is 1. The molecule has 1 aliphatic rings. The first-order valence-corrected chi connectivity index (χ1v) is 9.49. The molecule has 0 aromatic heterocycles. The molecule has 2 N–H and O–H groups in total. The van der Waals surface area contributed by atoms with Crippen molar-refractivity contribution in [2.45, 2.75) is 77.8 Å². The molecule has 1 fully saturated rings. The van der Waals surface area contributed by atoms with Gasteiger partial charge in [0.1, 0.15) is 12.2 Å². The fraction of sp³-hybridized carbons (Fsp3) is 0.682. The number of allylic oxidation sites excluding steroid dienone is 3. The summed E-state index contributed by atoms with van der Waals surface area (Å²) in [6.45, 7) is 17.2. The van der Waals surface area contributed by atoms with E-state index >= 15 is 0 Å². The van der Waals surface area contributed by atoms with Crippen LogP contribution in [0.25, 0.3) is 0 Å². The molecule has 1 rings (SSSR count). The van der Waals surface area contributed by atoms with Crippen LogP contribution in [0.4, 0.5) is 0 Å². The van der Waals surface area contributed by atoms with Crippen molar-refractivity contribution in [1.29, 1.82) is 0 Å². The molecule has 0 bridgehead atoms. The standard InChI is InChI=1S/C22H36O4/c1-8-10-16(4)18(23)19(24)20(25)22(7)14-12-17(26-22)21(5,6)13-11-15(3)9-2/h8-9,11,13,15-18,20,23,25H,1-2,10,12,14H2,3-7H3/b13-11+/t15-,16-,17+,18-,20-,22-/m1/s1. The molecule has 0 aliphatic carbocycles. The zero-order valence-electron chi connectivity index (χ0n) is 16.9. The summed E-state index contributed by atoms with van der Waals surface area (Å²) in [4.78, 5) is 12.5. The molecule has 6 atom stereocenters. The highest BCUT2D eigenvalue weighted by atomic mass is 16.5. The first-order chi connectivity index (χ1) is 12.0. The highest BCUT2D eigenvalue weighted by Crippen LogP contribution is 2.42. The molecule has 0 unspecified atom stereocenters. The van der Waals surface area contributed by atoms with E-state index in [-0.39, 0.29) is 23.4 Å². The molecular formula is C22H36O4. The van der Waals surface area contributed by atoms with Crippen LogP contribution in [0, 0.1) is 17.3 Å². The van der Waals surface area contributed by atoms with Crippen molar-refractivity contribution in [3.8, 4) is 0 Å². The van der Waals surface area contributed by atoms with Crippen LogP contribution in [-0.2, 0) is 9.53 Å². The molecule has 26 heavy (non-hydrogen) atoms. The van der Waals surface area contributed by atoms with E-state index in [0.717, 1.165) is 6.42 Å². The number of Topliss-reactive ketones (excluding diaryl/α,β-unsaturated/α-hetero) is 1. The van der Waals surface area contributed by atoms with Crippen molar-refractivity contribution in [3.63, 3.8) is 0 Å². The van der Waals surface area contributed by atoms with Gasteiger partial charge in [-0.25, -0.2) is 0 Å². The molecule has 0 amide bonds. The fourth-order valence-corrected chi connectivity index (χ4v) is 3.31. The van der Waals surface area contributed by atoms with Crippen LogP contribution < -0.4 is 0 Å². The Morgan fingerprint density at radius 3 is 2.50 bits per heavy atom. The molecule has 1 heterocycles. The molecule has 0 spiro atoms. The predicted molar refractivity (Wildman–Crippen MR) is 106 cm³/mol. The Hall–Kier alpha value is -1.23.